The van der Waals surface area contributed by atoms with Crippen LogP contribution in [0.5, 0.6) is 0 Å². The number of carbonyl (C=O) groups excluding carboxylic acids is 1. The van der Waals surface area contributed by atoms with E-state index in [1.54, 1.807) is 13.2 Å². The maximum Gasteiger partial charge on any atom is 0.335 e. The maximum absolute atomic E-state index is 11.9. The van der Waals surface area contributed by atoms with E-state index in [0.717, 1.165) is 19.3 Å². The fourth-order valence-corrected chi connectivity index (χ4v) is 2.92. The molecule has 1 aliphatic carbocycles. The van der Waals surface area contributed by atoms with Gasteiger partial charge in [-0.2, -0.15) is 0 Å². The first-order valence-electron chi connectivity index (χ1n) is 6.62. The Kier molecular flexibility index (Phi) is 5.19. The molecule has 0 spiro atoms. The van der Waals surface area contributed by atoms with Crippen molar-refractivity contribution in [1.82, 2.24) is 5.32 Å². The molecule has 0 aromatic heterocycles. The van der Waals surface area contributed by atoms with Gasteiger partial charge in [-0.05, 0) is 37.5 Å². The number of carboxylic acid groups (broad SMARTS) is 1. The predicted molar refractivity (Wildman–Crippen MR) is 81.7 cm³/mol. The standard InChI is InChI=1S/C14H17BrN2O4/c1-21-12-3-2-10(7-12)16-14(20)17-11-5-8(13(18)19)4-9(15)6-11/h4-6,10,12H,2-3,7H2,1H3,(H,18,19)(H2,16,17,20). The van der Waals surface area contributed by atoms with Gasteiger partial charge in [0.05, 0.1) is 11.7 Å². The lowest BCUT2D eigenvalue weighted by Crippen LogP contribution is -2.36. The number of urea groups is 1. The normalized spacial score (nSPS) is 21.0. The third kappa shape index (κ3) is 4.44. The zero-order valence-corrected chi connectivity index (χ0v) is 13.1. The number of carbonyl (C=O) groups is 2. The molecule has 2 atom stereocenters. The highest BCUT2D eigenvalue weighted by molar-refractivity contribution is 9.10. The Hall–Kier alpha value is -1.60. The van der Waals surface area contributed by atoms with Crippen LogP contribution in [0.25, 0.3) is 0 Å². The summed E-state index contributed by atoms with van der Waals surface area (Å²) in [6.45, 7) is 0. The molecular formula is C14H17BrN2O4. The number of nitrogens with one attached hydrogen (secondary N) is 2. The molecule has 1 aliphatic rings. The second-order valence-electron chi connectivity index (χ2n) is 5.00. The van der Waals surface area contributed by atoms with Gasteiger partial charge in [-0.1, -0.05) is 15.9 Å². The van der Waals surface area contributed by atoms with Gasteiger partial charge in [-0.3, -0.25) is 0 Å². The number of halogens is 1. The summed E-state index contributed by atoms with van der Waals surface area (Å²) in [5.41, 5.74) is 0.542. The van der Waals surface area contributed by atoms with Crippen LogP contribution in [0, 0.1) is 0 Å². The summed E-state index contributed by atoms with van der Waals surface area (Å²) in [5.74, 6) is -1.04. The summed E-state index contributed by atoms with van der Waals surface area (Å²) in [7, 11) is 1.67. The molecule has 1 fully saturated rings. The fourth-order valence-electron chi connectivity index (χ4n) is 2.42. The molecular weight excluding hydrogens is 340 g/mol. The summed E-state index contributed by atoms with van der Waals surface area (Å²) in [4.78, 5) is 22.9. The summed E-state index contributed by atoms with van der Waals surface area (Å²) < 4.78 is 5.85. The molecule has 0 saturated heterocycles. The molecule has 2 amide bonds. The number of amides is 2. The summed E-state index contributed by atoms with van der Waals surface area (Å²) in [5, 5.41) is 14.5. The van der Waals surface area contributed by atoms with Crippen molar-refractivity contribution in [3.63, 3.8) is 0 Å². The van der Waals surface area contributed by atoms with Gasteiger partial charge < -0.3 is 20.5 Å². The first-order valence-corrected chi connectivity index (χ1v) is 7.41. The van der Waals surface area contributed by atoms with Crippen molar-refractivity contribution in [2.45, 2.75) is 31.4 Å². The lowest BCUT2D eigenvalue weighted by molar-refractivity contribution is 0.0696. The van der Waals surface area contributed by atoms with Crippen LogP contribution in [0.3, 0.4) is 0 Å². The van der Waals surface area contributed by atoms with Crippen LogP contribution in [0.4, 0.5) is 10.5 Å². The second kappa shape index (κ2) is 6.91. The third-order valence-electron chi connectivity index (χ3n) is 3.46. The van der Waals surface area contributed by atoms with Crippen LogP contribution in [0.2, 0.25) is 0 Å². The van der Waals surface area contributed by atoms with Crippen molar-refractivity contribution >= 4 is 33.6 Å². The third-order valence-corrected chi connectivity index (χ3v) is 3.91. The minimum atomic E-state index is -1.04. The number of ether oxygens (including phenoxy) is 1. The summed E-state index contributed by atoms with van der Waals surface area (Å²) >= 11 is 3.23. The van der Waals surface area contributed by atoms with E-state index in [2.05, 4.69) is 26.6 Å². The summed E-state index contributed by atoms with van der Waals surface area (Å²) in [6.07, 6.45) is 2.80. The zero-order chi connectivity index (χ0) is 15.4. The van der Waals surface area contributed by atoms with Gasteiger partial charge in [0.1, 0.15) is 0 Å². The van der Waals surface area contributed by atoms with E-state index in [0.29, 0.717) is 10.2 Å². The Morgan fingerprint density at radius 3 is 2.71 bits per heavy atom. The van der Waals surface area contributed by atoms with Gasteiger partial charge in [-0.25, -0.2) is 9.59 Å². The number of methoxy groups -OCH3 is 1. The Balaban J connectivity index is 1.95. The second-order valence-corrected chi connectivity index (χ2v) is 5.92. The number of benzene rings is 1. The van der Waals surface area contributed by atoms with E-state index < -0.39 is 5.97 Å². The highest BCUT2D eigenvalue weighted by Gasteiger charge is 2.25. The number of carboxylic acids is 1. The van der Waals surface area contributed by atoms with Gasteiger partial charge >= 0.3 is 12.0 Å². The number of rotatable bonds is 4. The molecule has 7 heteroatoms. The highest BCUT2D eigenvalue weighted by atomic mass is 79.9. The van der Waals surface area contributed by atoms with Crippen molar-refractivity contribution in [3.8, 4) is 0 Å². The molecule has 0 radical (unpaired) electrons. The number of anilines is 1. The smallest absolute Gasteiger partial charge is 0.335 e. The first-order chi connectivity index (χ1) is 9.97. The molecule has 0 aliphatic heterocycles. The van der Waals surface area contributed by atoms with Gasteiger partial charge in [0, 0.05) is 23.3 Å². The Labute approximate surface area is 131 Å². The molecule has 2 unspecified atom stereocenters. The SMILES string of the molecule is COC1CCC(NC(=O)Nc2cc(Br)cc(C(=O)O)c2)C1. The largest absolute Gasteiger partial charge is 0.478 e. The van der Waals surface area contributed by atoms with Gasteiger partial charge in [-0.15, -0.1) is 0 Å². The minimum Gasteiger partial charge on any atom is -0.478 e. The molecule has 1 saturated carbocycles. The predicted octanol–water partition coefficient (Wildman–Crippen LogP) is 2.84. The Bertz CT molecular complexity index is 550. The van der Waals surface area contributed by atoms with E-state index in [-0.39, 0.29) is 23.7 Å². The molecule has 21 heavy (non-hydrogen) atoms. The topological polar surface area (TPSA) is 87.7 Å². The Morgan fingerprint density at radius 2 is 2.10 bits per heavy atom. The van der Waals surface area contributed by atoms with Crippen molar-refractivity contribution < 1.29 is 19.4 Å². The number of hydrogen-bond donors (Lipinski definition) is 3. The summed E-state index contributed by atoms with van der Waals surface area (Å²) in [6, 6.07) is 4.29. The molecule has 1 aromatic carbocycles. The van der Waals surface area contributed by atoms with Crippen LogP contribution in [0.15, 0.2) is 22.7 Å². The molecule has 0 bridgehead atoms. The average Bonchev–Trinajstić information content (AvgIpc) is 2.85. The van der Waals surface area contributed by atoms with Crippen molar-refractivity contribution in [2.75, 3.05) is 12.4 Å². The molecule has 1 aromatic rings. The zero-order valence-electron chi connectivity index (χ0n) is 11.6. The van der Waals surface area contributed by atoms with E-state index in [1.165, 1.54) is 12.1 Å². The lowest BCUT2D eigenvalue weighted by atomic mass is 10.2. The van der Waals surface area contributed by atoms with E-state index in [4.69, 9.17) is 9.84 Å². The number of aromatic carboxylic acids is 1. The fraction of sp³-hybridized carbons (Fsp3) is 0.429. The average molecular weight is 357 g/mol. The quantitative estimate of drug-likeness (QED) is 0.773. The Morgan fingerprint density at radius 1 is 1.33 bits per heavy atom. The highest BCUT2D eigenvalue weighted by Crippen LogP contribution is 2.22. The van der Waals surface area contributed by atoms with Crippen LogP contribution < -0.4 is 10.6 Å². The van der Waals surface area contributed by atoms with Crippen molar-refractivity contribution in [1.29, 1.82) is 0 Å². The molecule has 0 heterocycles. The first kappa shape index (κ1) is 15.8. The van der Waals surface area contributed by atoms with Crippen LogP contribution >= 0.6 is 15.9 Å². The minimum absolute atomic E-state index is 0.0843. The van der Waals surface area contributed by atoms with Gasteiger partial charge in [0.25, 0.3) is 0 Å². The van der Waals surface area contributed by atoms with E-state index >= 15 is 0 Å². The van der Waals surface area contributed by atoms with Gasteiger partial charge in [0.2, 0.25) is 0 Å². The number of hydrogen-bond acceptors (Lipinski definition) is 3. The lowest BCUT2D eigenvalue weighted by Gasteiger charge is -2.14. The maximum atomic E-state index is 11.9. The monoisotopic (exact) mass is 356 g/mol. The van der Waals surface area contributed by atoms with Crippen LogP contribution in [0.1, 0.15) is 29.6 Å². The van der Waals surface area contributed by atoms with E-state index in [1.807, 2.05) is 0 Å². The van der Waals surface area contributed by atoms with Crippen molar-refractivity contribution in [2.24, 2.45) is 0 Å². The molecule has 3 N–H and O–H groups in total. The van der Waals surface area contributed by atoms with Crippen LogP contribution in [-0.2, 0) is 4.74 Å². The van der Waals surface area contributed by atoms with E-state index in [9.17, 15) is 9.59 Å². The molecule has 2 rings (SSSR count). The van der Waals surface area contributed by atoms with Crippen molar-refractivity contribution in [3.05, 3.63) is 28.2 Å². The molecule has 6 nitrogen and oxygen atoms in total. The van der Waals surface area contributed by atoms with Crippen LogP contribution in [-0.4, -0.2) is 36.4 Å². The molecule has 114 valence electrons. The van der Waals surface area contributed by atoms with Gasteiger partial charge in [0.15, 0.2) is 0 Å².